The van der Waals surface area contributed by atoms with Crippen LogP contribution < -0.4 is 0 Å². The van der Waals surface area contributed by atoms with Crippen LogP contribution in [0.15, 0.2) is 0 Å². The molecule has 0 aromatic heterocycles. The van der Waals surface area contributed by atoms with Gasteiger partial charge < -0.3 is 10.2 Å². The molecule has 0 saturated heterocycles. The zero-order valence-corrected chi connectivity index (χ0v) is 16.0. The largest absolute Gasteiger partial charge is 0.481 e. The maximum Gasteiger partial charge on any atom is 0.309 e. The Hall–Kier alpha value is -1.06. The molecule has 142 valence electrons. The average molecular weight is 343 g/mol. The van der Waals surface area contributed by atoms with Crippen LogP contribution in [0.25, 0.3) is 0 Å². The molecule has 0 spiro atoms. The standard InChI is InChI=1S/C20H38O4/c1-4-17(16-20(2,3)19(23)24)14-12-10-8-6-5-7-9-11-13-15-18(21)22/h17H,4-16H2,1-3H3,(H,21,22)(H,23,24). The first kappa shape index (κ1) is 22.9. The van der Waals surface area contributed by atoms with Crippen molar-refractivity contribution in [1.29, 1.82) is 0 Å². The zero-order valence-electron chi connectivity index (χ0n) is 16.0. The molecule has 0 aliphatic rings. The number of carboxylic acid groups (broad SMARTS) is 2. The molecular weight excluding hydrogens is 304 g/mol. The number of rotatable bonds is 16. The molecule has 0 radical (unpaired) electrons. The second-order valence-corrected chi connectivity index (χ2v) is 7.78. The molecule has 24 heavy (non-hydrogen) atoms. The SMILES string of the molecule is CCC(CCCCCCCCCCCC(=O)O)CC(C)(C)C(=O)O. The van der Waals surface area contributed by atoms with Crippen LogP contribution >= 0.6 is 0 Å². The molecule has 0 aromatic carbocycles. The lowest BCUT2D eigenvalue weighted by Gasteiger charge is -2.25. The van der Waals surface area contributed by atoms with E-state index in [-0.39, 0.29) is 0 Å². The van der Waals surface area contributed by atoms with Crippen LogP contribution in [0.5, 0.6) is 0 Å². The van der Waals surface area contributed by atoms with Gasteiger partial charge in [0.05, 0.1) is 5.41 Å². The monoisotopic (exact) mass is 342 g/mol. The molecule has 4 heteroatoms. The van der Waals surface area contributed by atoms with Crippen LogP contribution in [0, 0.1) is 11.3 Å². The predicted octanol–water partition coefficient (Wildman–Crippen LogP) is 5.89. The van der Waals surface area contributed by atoms with Crippen LogP contribution in [-0.4, -0.2) is 22.2 Å². The quantitative estimate of drug-likeness (QED) is 0.343. The maximum absolute atomic E-state index is 11.2. The van der Waals surface area contributed by atoms with E-state index in [1.165, 1.54) is 38.5 Å². The lowest BCUT2D eigenvalue weighted by molar-refractivity contribution is -0.148. The Morgan fingerprint density at radius 3 is 1.71 bits per heavy atom. The fourth-order valence-electron chi connectivity index (χ4n) is 3.21. The van der Waals surface area contributed by atoms with Gasteiger partial charge in [-0.1, -0.05) is 71.1 Å². The first-order valence-electron chi connectivity index (χ1n) is 9.74. The molecule has 0 aliphatic heterocycles. The molecule has 4 nitrogen and oxygen atoms in total. The van der Waals surface area contributed by atoms with E-state index in [4.69, 9.17) is 5.11 Å². The van der Waals surface area contributed by atoms with Gasteiger partial charge in [0.1, 0.15) is 0 Å². The molecule has 0 aromatic rings. The Kier molecular flexibility index (Phi) is 12.7. The van der Waals surface area contributed by atoms with E-state index in [0.29, 0.717) is 12.3 Å². The van der Waals surface area contributed by atoms with Gasteiger partial charge in [-0.3, -0.25) is 9.59 Å². The summed E-state index contributed by atoms with van der Waals surface area (Å²) < 4.78 is 0. The van der Waals surface area contributed by atoms with Gasteiger partial charge in [0, 0.05) is 6.42 Å². The van der Waals surface area contributed by atoms with E-state index < -0.39 is 17.4 Å². The van der Waals surface area contributed by atoms with Crippen molar-refractivity contribution < 1.29 is 19.8 Å². The Balaban J connectivity index is 3.54. The molecule has 1 atom stereocenters. The zero-order chi connectivity index (χ0) is 18.4. The third-order valence-corrected chi connectivity index (χ3v) is 4.96. The molecule has 0 rings (SSSR count). The first-order chi connectivity index (χ1) is 11.3. The van der Waals surface area contributed by atoms with Crippen LogP contribution in [-0.2, 0) is 9.59 Å². The second-order valence-electron chi connectivity index (χ2n) is 7.78. The van der Waals surface area contributed by atoms with E-state index in [0.717, 1.165) is 38.5 Å². The van der Waals surface area contributed by atoms with Crippen molar-refractivity contribution in [3.63, 3.8) is 0 Å². The summed E-state index contributed by atoms with van der Waals surface area (Å²) in [7, 11) is 0. The molecule has 0 aliphatic carbocycles. The summed E-state index contributed by atoms with van der Waals surface area (Å²) in [6.45, 7) is 5.82. The number of aliphatic carboxylic acids is 2. The smallest absolute Gasteiger partial charge is 0.309 e. The van der Waals surface area contributed by atoms with Gasteiger partial charge in [-0.25, -0.2) is 0 Å². The number of hydrogen-bond donors (Lipinski definition) is 2. The van der Waals surface area contributed by atoms with Crippen LogP contribution in [0.1, 0.15) is 104 Å². The van der Waals surface area contributed by atoms with Crippen molar-refractivity contribution >= 4 is 11.9 Å². The molecular formula is C20H38O4. The lowest BCUT2D eigenvalue weighted by atomic mass is 9.80. The topological polar surface area (TPSA) is 74.6 Å². The fraction of sp³-hybridized carbons (Fsp3) is 0.900. The van der Waals surface area contributed by atoms with Crippen molar-refractivity contribution in [2.45, 2.75) is 104 Å². The lowest BCUT2D eigenvalue weighted by Crippen LogP contribution is -2.26. The van der Waals surface area contributed by atoms with Gasteiger partial charge >= 0.3 is 11.9 Å². The van der Waals surface area contributed by atoms with E-state index in [1.807, 2.05) is 13.8 Å². The summed E-state index contributed by atoms with van der Waals surface area (Å²) in [5.74, 6) is -0.859. The Labute approximate surface area is 148 Å². The van der Waals surface area contributed by atoms with Crippen LogP contribution in [0.2, 0.25) is 0 Å². The highest BCUT2D eigenvalue weighted by Crippen LogP contribution is 2.30. The predicted molar refractivity (Wildman–Crippen MR) is 98.2 cm³/mol. The van der Waals surface area contributed by atoms with Gasteiger partial charge in [-0.2, -0.15) is 0 Å². The maximum atomic E-state index is 11.2. The van der Waals surface area contributed by atoms with Crippen molar-refractivity contribution in [3.8, 4) is 0 Å². The van der Waals surface area contributed by atoms with E-state index in [2.05, 4.69) is 6.92 Å². The van der Waals surface area contributed by atoms with Gasteiger partial charge in [0.25, 0.3) is 0 Å². The molecule has 0 bridgehead atoms. The number of unbranched alkanes of at least 4 members (excludes halogenated alkanes) is 8. The van der Waals surface area contributed by atoms with Crippen LogP contribution in [0.3, 0.4) is 0 Å². The number of carboxylic acids is 2. The van der Waals surface area contributed by atoms with Crippen molar-refractivity contribution in [1.82, 2.24) is 0 Å². The van der Waals surface area contributed by atoms with Gasteiger partial charge in [-0.15, -0.1) is 0 Å². The van der Waals surface area contributed by atoms with Crippen molar-refractivity contribution in [2.75, 3.05) is 0 Å². The number of carbonyl (C=O) groups is 2. The van der Waals surface area contributed by atoms with Crippen LogP contribution in [0.4, 0.5) is 0 Å². The summed E-state index contributed by atoms with van der Waals surface area (Å²) >= 11 is 0. The highest BCUT2D eigenvalue weighted by Gasteiger charge is 2.29. The number of hydrogen-bond acceptors (Lipinski definition) is 2. The highest BCUT2D eigenvalue weighted by atomic mass is 16.4. The summed E-state index contributed by atoms with van der Waals surface area (Å²) in [6.07, 6.45) is 13.7. The fourth-order valence-corrected chi connectivity index (χ4v) is 3.21. The summed E-state index contributed by atoms with van der Waals surface area (Å²) in [6, 6.07) is 0. The third-order valence-electron chi connectivity index (χ3n) is 4.96. The second kappa shape index (κ2) is 13.3. The van der Waals surface area contributed by atoms with E-state index >= 15 is 0 Å². The Bertz CT molecular complexity index is 350. The molecule has 0 heterocycles. The minimum atomic E-state index is -0.690. The summed E-state index contributed by atoms with van der Waals surface area (Å²) in [4.78, 5) is 21.6. The van der Waals surface area contributed by atoms with Crippen molar-refractivity contribution in [2.24, 2.45) is 11.3 Å². The molecule has 0 amide bonds. The van der Waals surface area contributed by atoms with E-state index in [1.54, 1.807) is 0 Å². The Morgan fingerprint density at radius 2 is 1.29 bits per heavy atom. The highest BCUT2D eigenvalue weighted by molar-refractivity contribution is 5.73. The molecule has 2 N–H and O–H groups in total. The first-order valence-corrected chi connectivity index (χ1v) is 9.74. The summed E-state index contributed by atoms with van der Waals surface area (Å²) in [5, 5.41) is 17.8. The molecule has 0 fully saturated rings. The van der Waals surface area contributed by atoms with E-state index in [9.17, 15) is 14.7 Å². The van der Waals surface area contributed by atoms with Gasteiger partial charge in [0.15, 0.2) is 0 Å². The van der Waals surface area contributed by atoms with Crippen molar-refractivity contribution in [3.05, 3.63) is 0 Å². The third kappa shape index (κ3) is 12.4. The van der Waals surface area contributed by atoms with Gasteiger partial charge in [-0.05, 0) is 32.6 Å². The summed E-state index contributed by atoms with van der Waals surface area (Å²) in [5.41, 5.74) is -0.610. The average Bonchev–Trinajstić information content (AvgIpc) is 2.50. The normalized spacial score (nSPS) is 13.0. The minimum Gasteiger partial charge on any atom is -0.481 e. The molecule has 0 saturated carbocycles. The minimum absolute atomic E-state index is 0.303. The molecule has 1 unspecified atom stereocenters. The Morgan fingerprint density at radius 1 is 0.833 bits per heavy atom. The van der Waals surface area contributed by atoms with Gasteiger partial charge in [0.2, 0.25) is 0 Å².